The minimum atomic E-state index is -0.852. The highest BCUT2D eigenvalue weighted by atomic mass is 16.6. The number of aliphatic hydroxyl groups excluding tert-OH is 1. The minimum absolute atomic E-state index is 0.135. The normalized spacial score (nSPS) is 20.6. The largest absolute Gasteiger partial charge is 0.356 e. The number of likely N-dealkylation sites (tertiary alicyclic amines) is 1. The van der Waals surface area contributed by atoms with Crippen molar-refractivity contribution in [3.8, 4) is 0 Å². The Bertz CT molecular complexity index is 466. The lowest BCUT2D eigenvalue weighted by atomic mass is 9.97. The average molecular weight is 306 g/mol. The Labute approximate surface area is 132 Å². The maximum absolute atomic E-state index is 12.3. The number of nitrogens with zero attached hydrogens (tertiary/aromatic N) is 2. The third kappa shape index (κ3) is 4.29. The third-order valence-corrected chi connectivity index (χ3v) is 4.19. The summed E-state index contributed by atoms with van der Waals surface area (Å²) in [6, 6.07) is 9.80. The third-order valence-electron chi connectivity index (χ3n) is 4.19. The number of benzene rings is 1. The number of methoxy groups -OCH3 is 1. The van der Waals surface area contributed by atoms with Crippen LogP contribution in [-0.2, 0) is 9.53 Å². The van der Waals surface area contributed by atoms with E-state index in [0.717, 1.165) is 31.6 Å². The van der Waals surface area contributed by atoms with Gasteiger partial charge in [-0.1, -0.05) is 25.1 Å². The van der Waals surface area contributed by atoms with Gasteiger partial charge in [-0.25, -0.2) is 0 Å². The molecule has 1 amide bonds. The van der Waals surface area contributed by atoms with Gasteiger partial charge in [-0.3, -0.25) is 9.69 Å². The number of aliphatic hydroxyl groups is 1. The first-order valence-corrected chi connectivity index (χ1v) is 7.96. The zero-order chi connectivity index (χ0) is 15.9. The molecule has 1 aromatic carbocycles. The van der Waals surface area contributed by atoms with Crippen LogP contribution in [0, 0.1) is 5.92 Å². The lowest BCUT2D eigenvalue weighted by Crippen LogP contribution is -2.47. The Balaban J connectivity index is 2.05. The predicted molar refractivity (Wildman–Crippen MR) is 86.4 cm³/mol. The maximum atomic E-state index is 12.3. The van der Waals surface area contributed by atoms with Gasteiger partial charge in [0.05, 0.1) is 0 Å². The summed E-state index contributed by atoms with van der Waals surface area (Å²) in [4.78, 5) is 16.1. The summed E-state index contributed by atoms with van der Waals surface area (Å²) in [5.41, 5.74) is 0.943. The van der Waals surface area contributed by atoms with Crippen LogP contribution < -0.4 is 4.90 Å². The Morgan fingerprint density at radius 2 is 2.18 bits per heavy atom. The molecular formula is C17H26N2O3. The van der Waals surface area contributed by atoms with Crippen molar-refractivity contribution >= 4 is 11.6 Å². The first-order valence-electron chi connectivity index (χ1n) is 7.96. The molecule has 5 nitrogen and oxygen atoms in total. The quantitative estimate of drug-likeness (QED) is 0.818. The molecule has 1 heterocycles. The van der Waals surface area contributed by atoms with Crippen molar-refractivity contribution in [2.75, 3.05) is 31.6 Å². The molecular weight excluding hydrogens is 280 g/mol. The van der Waals surface area contributed by atoms with Crippen LogP contribution in [0.15, 0.2) is 30.3 Å². The zero-order valence-corrected chi connectivity index (χ0v) is 13.4. The fourth-order valence-corrected chi connectivity index (χ4v) is 3.00. The number of amides is 1. The fraction of sp³-hybridized carbons (Fsp3) is 0.588. The van der Waals surface area contributed by atoms with Crippen molar-refractivity contribution < 1.29 is 14.6 Å². The van der Waals surface area contributed by atoms with Gasteiger partial charge in [0.1, 0.15) is 0 Å². The Morgan fingerprint density at radius 1 is 1.45 bits per heavy atom. The molecule has 122 valence electrons. The van der Waals surface area contributed by atoms with Crippen LogP contribution in [0.1, 0.15) is 26.2 Å². The molecule has 22 heavy (non-hydrogen) atoms. The molecule has 0 bridgehead atoms. The van der Waals surface area contributed by atoms with Gasteiger partial charge < -0.3 is 14.7 Å². The molecule has 1 aliphatic rings. The van der Waals surface area contributed by atoms with Crippen LogP contribution in [0.2, 0.25) is 0 Å². The number of anilines is 1. The molecule has 2 unspecified atom stereocenters. The van der Waals surface area contributed by atoms with Crippen LogP contribution in [0.4, 0.5) is 5.69 Å². The second-order valence-electron chi connectivity index (χ2n) is 5.76. The van der Waals surface area contributed by atoms with E-state index in [1.54, 1.807) is 0 Å². The van der Waals surface area contributed by atoms with Gasteiger partial charge >= 0.3 is 0 Å². The number of carbonyl (C=O) groups excluding carboxylic acids is 1. The molecule has 0 spiro atoms. The monoisotopic (exact) mass is 306 g/mol. The van der Waals surface area contributed by atoms with E-state index < -0.39 is 6.41 Å². The van der Waals surface area contributed by atoms with Gasteiger partial charge in [-0.2, -0.15) is 0 Å². The summed E-state index contributed by atoms with van der Waals surface area (Å²) in [6.07, 6.45) is 1.71. The lowest BCUT2D eigenvalue weighted by Gasteiger charge is -2.37. The number of hydrogen-bond donors (Lipinski definition) is 1. The molecule has 1 aromatic rings. The van der Waals surface area contributed by atoms with E-state index in [4.69, 9.17) is 4.74 Å². The van der Waals surface area contributed by atoms with Crippen molar-refractivity contribution in [1.82, 2.24) is 4.90 Å². The number of carbonyl (C=O) groups is 1. The number of hydrogen-bond acceptors (Lipinski definition) is 4. The molecule has 2 atom stereocenters. The summed E-state index contributed by atoms with van der Waals surface area (Å²) in [5, 5.41) is 9.83. The van der Waals surface area contributed by atoms with Crippen LogP contribution in [0.3, 0.4) is 0 Å². The van der Waals surface area contributed by atoms with Crippen LogP contribution in [0.5, 0.6) is 0 Å². The molecule has 1 saturated heterocycles. The van der Waals surface area contributed by atoms with Crippen molar-refractivity contribution in [3.05, 3.63) is 30.3 Å². The first kappa shape index (κ1) is 16.9. The van der Waals surface area contributed by atoms with Crippen molar-refractivity contribution in [2.45, 2.75) is 32.6 Å². The summed E-state index contributed by atoms with van der Waals surface area (Å²) in [5.74, 6) is 0.477. The van der Waals surface area contributed by atoms with Crippen LogP contribution in [0.25, 0.3) is 0 Å². The molecule has 0 aliphatic carbocycles. The van der Waals surface area contributed by atoms with Crippen LogP contribution >= 0.6 is 0 Å². The van der Waals surface area contributed by atoms with Crippen molar-refractivity contribution in [3.63, 3.8) is 0 Å². The fourth-order valence-electron chi connectivity index (χ4n) is 3.00. The van der Waals surface area contributed by atoms with Crippen molar-refractivity contribution in [2.24, 2.45) is 5.92 Å². The van der Waals surface area contributed by atoms with Gasteiger partial charge in [0.2, 0.25) is 12.3 Å². The zero-order valence-electron chi connectivity index (χ0n) is 13.4. The van der Waals surface area contributed by atoms with Crippen LogP contribution in [-0.4, -0.2) is 49.1 Å². The van der Waals surface area contributed by atoms with E-state index in [1.165, 1.54) is 7.11 Å². The molecule has 0 aromatic heterocycles. The van der Waals surface area contributed by atoms with Gasteiger partial charge in [-0.15, -0.1) is 0 Å². The summed E-state index contributed by atoms with van der Waals surface area (Å²) in [6.45, 7) is 4.15. The second-order valence-corrected chi connectivity index (χ2v) is 5.76. The Morgan fingerprint density at radius 3 is 2.82 bits per heavy atom. The van der Waals surface area contributed by atoms with Gasteiger partial charge in [0.25, 0.3) is 0 Å². The maximum Gasteiger partial charge on any atom is 0.226 e. The summed E-state index contributed by atoms with van der Waals surface area (Å²) >= 11 is 0. The van der Waals surface area contributed by atoms with E-state index in [1.807, 2.05) is 47.1 Å². The minimum Gasteiger partial charge on any atom is -0.356 e. The van der Waals surface area contributed by atoms with E-state index in [0.29, 0.717) is 18.9 Å². The number of ether oxygens (including phenoxy) is 1. The molecule has 0 radical (unpaired) electrons. The highest BCUT2D eigenvalue weighted by Crippen LogP contribution is 2.23. The molecule has 5 heteroatoms. The topological polar surface area (TPSA) is 53.0 Å². The molecule has 1 fully saturated rings. The van der Waals surface area contributed by atoms with E-state index in [2.05, 4.69) is 0 Å². The smallest absolute Gasteiger partial charge is 0.226 e. The molecule has 0 saturated carbocycles. The molecule has 1 N–H and O–H groups in total. The Hall–Kier alpha value is -1.43. The molecule has 1 aliphatic heterocycles. The first-order chi connectivity index (χ1) is 10.7. The standard InChI is InChI=1S/C17H26N2O3/c1-3-16(20)19(15-9-5-4-6-10-15)13-14-8-7-11-18(12-14)17(21)22-2/h4-6,9-10,14,17,21H,3,7-8,11-13H2,1-2H3. The highest BCUT2D eigenvalue weighted by molar-refractivity contribution is 5.93. The number of para-hydroxylation sites is 1. The SMILES string of the molecule is CCC(=O)N(CC1CCCN(C(O)OC)C1)c1ccccc1. The number of rotatable bonds is 6. The Kier molecular flexibility index (Phi) is 6.36. The van der Waals surface area contributed by atoms with Gasteiger partial charge in [0.15, 0.2) is 0 Å². The predicted octanol–water partition coefficient (Wildman–Crippen LogP) is 2.06. The lowest BCUT2D eigenvalue weighted by molar-refractivity contribution is -0.185. The number of piperidine rings is 1. The van der Waals surface area contributed by atoms with E-state index >= 15 is 0 Å². The van der Waals surface area contributed by atoms with Crippen molar-refractivity contribution in [1.29, 1.82) is 0 Å². The molecule has 2 rings (SSSR count). The van der Waals surface area contributed by atoms with E-state index in [-0.39, 0.29) is 5.91 Å². The average Bonchev–Trinajstić information content (AvgIpc) is 2.59. The summed E-state index contributed by atoms with van der Waals surface area (Å²) < 4.78 is 5.00. The van der Waals surface area contributed by atoms with Gasteiger partial charge in [-0.05, 0) is 30.9 Å². The summed E-state index contributed by atoms with van der Waals surface area (Å²) in [7, 11) is 1.51. The van der Waals surface area contributed by atoms with E-state index in [9.17, 15) is 9.90 Å². The van der Waals surface area contributed by atoms with Gasteiger partial charge in [0, 0.05) is 38.9 Å². The highest BCUT2D eigenvalue weighted by Gasteiger charge is 2.27. The second kappa shape index (κ2) is 8.27.